The van der Waals surface area contributed by atoms with Gasteiger partial charge in [-0.15, -0.1) is 0 Å². The predicted molar refractivity (Wildman–Crippen MR) is 30.7 cm³/mol. The Kier molecular flexibility index (Phi) is 1.23. The zero-order valence-electron chi connectivity index (χ0n) is 5.30. The second-order valence-electron chi connectivity index (χ2n) is 1.76. The first-order valence-electron chi connectivity index (χ1n) is 2.58. The Bertz CT molecular complexity index is 257. The number of aromatic nitrogens is 1. The van der Waals surface area contributed by atoms with Crippen molar-refractivity contribution in [3.05, 3.63) is 17.3 Å². The van der Waals surface area contributed by atoms with Gasteiger partial charge < -0.3 is 4.42 Å². The molecule has 0 saturated heterocycles. The summed E-state index contributed by atoms with van der Waals surface area (Å²) in [5.41, 5.74) is 0.662. The lowest BCUT2D eigenvalue weighted by atomic mass is 10.4. The molecule has 9 heavy (non-hydrogen) atoms. The fourth-order valence-corrected chi connectivity index (χ4v) is 0.635. The number of hydrogen-bond donors (Lipinski definition) is 0. The molecule has 0 amide bonds. The molecule has 46 valence electrons. The van der Waals surface area contributed by atoms with Gasteiger partial charge in [0.1, 0.15) is 6.07 Å². The maximum atomic E-state index is 8.35. The maximum absolute atomic E-state index is 8.35. The van der Waals surface area contributed by atoms with Gasteiger partial charge in [0.15, 0.2) is 5.89 Å². The van der Waals surface area contributed by atoms with E-state index in [0.717, 1.165) is 0 Å². The first-order valence-corrected chi connectivity index (χ1v) is 2.58. The minimum absolute atomic E-state index is 0.313. The second-order valence-corrected chi connectivity index (χ2v) is 1.76. The summed E-state index contributed by atoms with van der Waals surface area (Å²) < 4.78 is 4.89. The SMILES string of the molecule is Cc1nc(C)c(C#N)o1. The lowest BCUT2D eigenvalue weighted by molar-refractivity contribution is 0.509. The van der Waals surface area contributed by atoms with Crippen LogP contribution in [0.5, 0.6) is 0 Å². The standard InChI is InChI=1S/C6H6N2O/c1-4-6(3-7)9-5(2)8-4/h1-2H3. The van der Waals surface area contributed by atoms with Crippen LogP contribution in [-0.2, 0) is 0 Å². The number of nitriles is 1. The topological polar surface area (TPSA) is 49.8 Å². The summed E-state index contributed by atoms with van der Waals surface area (Å²) in [7, 11) is 0. The number of rotatable bonds is 0. The fraction of sp³-hybridized carbons (Fsp3) is 0.333. The quantitative estimate of drug-likeness (QED) is 0.518. The van der Waals surface area contributed by atoms with Gasteiger partial charge in [-0.05, 0) is 6.92 Å². The summed E-state index contributed by atoms with van der Waals surface area (Å²) in [5, 5.41) is 8.35. The van der Waals surface area contributed by atoms with Gasteiger partial charge in [0.2, 0.25) is 5.76 Å². The van der Waals surface area contributed by atoms with E-state index in [1.165, 1.54) is 0 Å². The van der Waals surface area contributed by atoms with Crippen LogP contribution in [-0.4, -0.2) is 4.98 Å². The summed E-state index contributed by atoms with van der Waals surface area (Å²) in [4.78, 5) is 3.89. The molecule has 3 nitrogen and oxygen atoms in total. The minimum atomic E-state index is 0.313. The monoisotopic (exact) mass is 122 g/mol. The highest BCUT2D eigenvalue weighted by molar-refractivity contribution is 5.21. The lowest BCUT2D eigenvalue weighted by Crippen LogP contribution is -1.73. The van der Waals surface area contributed by atoms with E-state index in [2.05, 4.69) is 4.98 Å². The largest absolute Gasteiger partial charge is 0.430 e. The van der Waals surface area contributed by atoms with E-state index in [0.29, 0.717) is 17.3 Å². The molecule has 0 fully saturated rings. The molecule has 0 saturated carbocycles. The third kappa shape index (κ3) is 0.918. The number of nitrogens with zero attached hydrogens (tertiary/aromatic N) is 2. The Balaban J connectivity index is 3.20. The molecule has 0 unspecified atom stereocenters. The second kappa shape index (κ2) is 1.90. The lowest BCUT2D eigenvalue weighted by Gasteiger charge is -1.74. The molecule has 0 spiro atoms. The zero-order chi connectivity index (χ0) is 6.85. The van der Waals surface area contributed by atoms with E-state index >= 15 is 0 Å². The van der Waals surface area contributed by atoms with Crippen molar-refractivity contribution in [3.8, 4) is 6.07 Å². The van der Waals surface area contributed by atoms with Crippen molar-refractivity contribution in [2.24, 2.45) is 0 Å². The van der Waals surface area contributed by atoms with Crippen molar-refractivity contribution < 1.29 is 4.42 Å². The maximum Gasteiger partial charge on any atom is 0.226 e. The van der Waals surface area contributed by atoms with Gasteiger partial charge in [0, 0.05) is 6.92 Å². The summed E-state index contributed by atoms with van der Waals surface area (Å²) >= 11 is 0. The van der Waals surface area contributed by atoms with Crippen molar-refractivity contribution in [2.75, 3.05) is 0 Å². The molecule has 0 radical (unpaired) electrons. The first kappa shape index (κ1) is 5.83. The number of oxazole rings is 1. The Morgan fingerprint density at radius 3 is 2.44 bits per heavy atom. The Labute approximate surface area is 52.9 Å². The van der Waals surface area contributed by atoms with Crippen LogP contribution < -0.4 is 0 Å². The van der Waals surface area contributed by atoms with E-state index in [4.69, 9.17) is 9.68 Å². The van der Waals surface area contributed by atoms with Gasteiger partial charge in [-0.25, -0.2) is 4.98 Å². The molecule has 0 aliphatic rings. The van der Waals surface area contributed by atoms with Gasteiger partial charge in [-0.1, -0.05) is 0 Å². The van der Waals surface area contributed by atoms with Crippen LogP contribution in [0.3, 0.4) is 0 Å². The molecular weight excluding hydrogens is 116 g/mol. The minimum Gasteiger partial charge on any atom is -0.430 e. The van der Waals surface area contributed by atoms with Crippen LogP contribution in [0.15, 0.2) is 4.42 Å². The van der Waals surface area contributed by atoms with Gasteiger partial charge in [-0.3, -0.25) is 0 Å². The average Bonchev–Trinajstić information content (AvgIpc) is 2.10. The third-order valence-corrected chi connectivity index (χ3v) is 1.01. The Morgan fingerprint density at radius 1 is 1.56 bits per heavy atom. The molecule has 0 aromatic carbocycles. The van der Waals surface area contributed by atoms with Gasteiger partial charge in [0.25, 0.3) is 0 Å². The number of hydrogen-bond acceptors (Lipinski definition) is 3. The number of aryl methyl sites for hydroxylation is 2. The van der Waals surface area contributed by atoms with Crippen LogP contribution in [0.1, 0.15) is 17.3 Å². The van der Waals surface area contributed by atoms with Gasteiger partial charge in [0.05, 0.1) is 5.69 Å². The summed E-state index contributed by atoms with van der Waals surface area (Å²) in [5.74, 6) is 0.858. The van der Waals surface area contributed by atoms with Gasteiger partial charge in [-0.2, -0.15) is 5.26 Å². The van der Waals surface area contributed by atoms with Crippen LogP contribution in [0.2, 0.25) is 0 Å². The van der Waals surface area contributed by atoms with Crippen LogP contribution >= 0.6 is 0 Å². The highest BCUT2D eigenvalue weighted by Gasteiger charge is 2.02. The normalized spacial score (nSPS) is 9.00. The first-order chi connectivity index (χ1) is 4.24. The molecule has 1 heterocycles. The Morgan fingerprint density at radius 2 is 2.22 bits per heavy atom. The molecule has 0 aliphatic heterocycles. The van der Waals surface area contributed by atoms with Gasteiger partial charge >= 0.3 is 0 Å². The molecule has 0 N–H and O–H groups in total. The van der Waals surface area contributed by atoms with Crippen molar-refractivity contribution in [3.63, 3.8) is 0 Å². The molecule has 1 aromatic heterocycles. The summed E-state index contributed by atoms with van der Waals surface area (Å²) in [6, 6.07) is 1.89. The third-order valence-electron chi connectivity index (χ3n) is 1.01. The fourth-order valence-electron chi connectivity index (χ4n) is 0.635. The van der Waals surface area contributed by atoms with E-state index in [-0.39, 0.29) is 0 Å². The van der Waals surface area contributed by atoms with Crippen molar-refractivity contribution >= 4 is 0 Å². The molecule has 1 aromatic rings. The van der Waals surface area contributed by atoms with Crippen LogP contribution in [0, 0.1) is 25.2 Å². The van der Waals surface area contributed by atoms with Crippen molar-refractivity contribution in [2.45, 2.75) is 13.8 Å². The smallest absolute Gasteiger partial charge is 0.226 e. The zero-order valence-corrected chi connectivity index (χ0v) is 5.30. The van der Waals surface area contributed by atoms with Crippen LogP contribution in [0.4, 0.5) is 0 Å². The van der Waals surface area contributed by atoms with E-state index < -0.39 is 0 Å². The Hall–Kier alpha value is -1.30. The molecule has 0 bridgehead atoms. The molecule has 1 rings (SSSR count). The highest BCUT2D eigenvalue weighted by Crippen LogP contribution is 2.05. The molecule has 3 heteroatoms. The molecule has 0 atom stereocenters. The van der Waals surface area contributed by atoms with Crippen molar-refractivity contribution in [1.82, 2.24) is 4.98 Å². The van der Waals surface area contributed by atoms with E-state index in [1.54, 1.807) is 13.8 Å². The van der Waals surface area contributed by atoms with Crippen molar-refractivity contribution in [1.29, 1.82) is 5.26 Å². The summed E-state index contributed by atoms with van der Waals surface area (Å²) in [6.45, 7) is 3.46. The molecule has 0 aliphatic carbocycles. The van der Waals surface area contributed by atoms with E-state index in [9.17, 15) is 0 Å². The predicted octanol–water partition coefficient (Wildman–Crippen LogP) is 1.16. The molecular formula is C6H6N2O. The highest BCUT2D eigenvalue weighted by atomic mass is 16.4. The summed E-state index contributed by atoms with van der Waals surface area (Å²) in [6.07, 6.45) is 0. The van der Waals surface area contributed by atoms with Crippen LogP contribution in [0.25, 0.3) is 0 Å². The van der Waals surface area contributed by atoms with E-state index in [1.807, 2.05) is 6.07 Å². The average molecular weight is 122 g/mol.